The average Bonchev–Trinajstić information content (AvgIpc) is 2.90. The molecule has 7 heteroatoms. The highest BCUT2D eigenvalue weighted by Gasteiger charge is 2.11. The maximum atomic E-state index is 11.8. The Balaban J connectivity index is 1.79. The van der Waals surface area contributed by atoms with Crippen LogP contribution in [-0.4, -0.2) is 27.6 Å². The fraction of sp³-hybridized carbons (Fsp3) is 0.417. The van der Waals surface area contributed by atoms with E-state index in [1.54, 1.807) is 0 Å². The first-order valence-electron chi connectivity index (χ1n) is 6.03. The zero-order valence-electron chi connectivity index (χ0n) is 11.0. The van der Waals surface area contributed by atoms with Gasteiger partial charge in [0, 0.05) is 29.6 Å². The number of thiazole rings is 1. The van der Waals surface area contributed by atoms with E-state index in [0.29, 0.717) is 24.5 Å². The number of aromatic amines is 1. The van der Waals surface area contributed by atoms with Gasteiger partial charge in [-0.2, -0.15) is 5.10 Å². The molecule has 0 aliphatic carbocycles. The highest BCUT2D eigenvalue weighted by molar-refractivity contribution is 7.13. The van der Waals surface area contributed by atoms with E-state index in [9.17, 15) is 4.79 Å². The van der Waals surface area contributed by atoms with E-state index in [4.69, 9.17) is 5.73 Å². The van der Waals surface area contributed by atoms with Gasteiger partial charge < -0.3 is 11.1 Å². The predicted molar refractivity (Wildman–Crippen MR) is 75.0 cm³/mol. The lowest BCUT2D eigenvalue weighted by molar-refractivity contribution is -0.120. The highest BCUT2D eigenvalue weighted by Crippen LogP contribution is 2.11. The summed E-state index contributed by atoms with van der Waals surface area (Å²) in [6, 6.07) is 0. The molecule has 0 radical (unpaired) electrons. The fourth-order valence-corrected chi connectivity index (χ4v) is 2.42. The summed E-state index contributed by atoms with van der Waals surface area (Å²) >= 11 is 1.41. The van der Waals surface area contributed by atoms with Crippen molar-refractivity contribution in [3.63, 3.8) is 0 Å². The van der Waals surface area contributed by atoms with E-state index < -0.39 is 0 Å². The average molecular weight is 279 g/mol. The van der Waals surface area contributed by atoms with Gasteiger partial charge in [-0.3, -0.25) is 9.89 Å². The molecule has 0 spiro atoms. The minimum absolute atomic E-state index is 0.00389. The molecule has 6 nitrogen and oxygen atoms in total. The van der Waals surface area contributed by atoms with E-state index in [2.05, 4.69) is 20.5 Å². The molecule has 0 unspecified atom stereocenters. The molecule has 4 N–H and O–H groups in total. The summed E-state index contributed by atoms with van der Waals surface area (Å²) < 4.78 is 0. The largest absolute Gasteiger partial charge is 0.375 e. The number of rotatable bonds is 5. The lowest BCUT2D eigenvalue weighted by Gasteiger charge is -2.04. The molecule has 0 saturated heterocycles. The third kappa shape index (κ3) is 3.54. The quantitative estimate of drug-likeness (QED) is 0.759. The van der Waals surface area contributed by atoms with Gasteiger partial charge >= 0.3 is 0 Å². The number of nitrogens with one attached hydrogen (secondary N) is 2. The van der Waals surface area contributed by atoms with E-state index in [-0.39, 0.29) is 5.91 Å². The Hall–Kier alpha value is -1.89. The number of aryl methyl sites for hydroxylation is 2. The number of carbonyl (C=O) groups excluding carboxylic acids is 1. The third-order valence-electron chi connectivity index (χ3n) is 2.89. The van der Waals surface area contributed by atoms with Crippen molar-refractivity contribution >= 4 is 22.4 Å². The lowest BCUT2D eigenvalue weighted by Crippen LogP contribution is -2.27. The molecule has 0 aromatic carbocycles. The van der Waals surface area contributed by atoms with Crippen molar-refractivity contribution in [3.05, 3.63) is 28.0 Å². The van der Waals surface area contributed by atoms with Gasteiger partial charge in [0.15, 0.2) is 5.13 Å². The molecule has 1 amide bonds. The number of aromatic nitrogens is 3. The first-order chi connectivity index (χ1) is 9.06. The molecule has 0 saturated carbocycles. The standard InChI is InChI=1S/C12H17N5OS/c1-7-10(8(2)17-16-7)5-11(18)14-4-3-9-6-19-12(13)15-9/h6H,3-5H2,1-2H3,(H2,13,15)(H,14,18)(H,16,17). The van der Waals surface area contributed by atoms with Crippen molar-refractivity contribution in [2.45, 2.75) is 26.7 Å². The molecule has 2 heterocycles. The van der Waals surface area contributed by atoms with Gasteiger partial charge in [-0.05, 0) is 13.8 Å². The van der Waals surface area contributed by atoms with Gasteiger partial charge in [0.1, 0.15) is 0 Å². The second kappa shape index (κ2) is 5.83. The summed E-state index contributed by atoms with van der Waals surface area (Å²) in [5.74, 6) is -0.00389. The van der Waals surface area contributed by atoms with E-state index in [1.165, 1.54) is 11.3 Å². The van der Waals surface area contributed by atoms with E-state index >= 15 is 0 Å². The van der Waals surface area contributed by atoms with Crippen LogP contribution in [0.3, 0.4) is 0 Å². The van der Waals surface area contributed by atoms with Crippen molar-refractivity contribution in [3.8, 4) is 0 Å². The second-order valence-electron chi connectivity index (χ2n) is 4.37. The second-order valence-corrected chi connectivity index (χ2v) is 5.26. The van der Waals surface area contributed by atoms with Crippen LogP contribution in [-0.2, 0) is 17.6 Å². The zero-order chi connectivity index (χ0) is 13.8. The van der Waals surface area contributed by atoms with Crippen LogP contribution in [0.25, 0.3) is 0 Å². The molecule has 2 aromatic heterocycles. The maximum absolute atomic E-state index is 11.8. The molecule has 0 atom stereocenters. The third-order valence-corrected chi connectivity index (χ3v) is 3.61. The number of nitrogens with two attached hydrogens (primary N) is 1. The number of H-pyrrole nitrogens is 1. The van der Waals surface area contributed by atoms with Crippen LogP contribution in [0.2, 0.25) is 0 Å². The van der Waals surface area contributed by atoms with Crippen LogP contribution < -0.4 is 11.1 Å². The van der Waals surface area contributed by atoms with Crippen molar-refractivity contribution in [1.82, 2.24) is 20.5 Å². The number of anilines is 1. The molecular weight excluding hydrogens is 262 g/mol. The number of nitrogen functional groups attached to an aromatic ring is 1. The van der Waals surface area contributed by atoms with Gasteiger partial charge in [-0.25, -0.2) is 4.98 Å². The zero-order valence-corrected chi connectivity index (χ0v) is 11.8. The topological polar surface area (TPSA) is 96.7 Å². The Morgan fingerprint density at radius 2 is 2.32 bits per heavy atom. The maximum Gasteiger partial charge on any atom is 0.224 e. The van der Waals surface area contributed by atoms with Crippen molar-refractivity contribution < 1.29 is 4.79 Å². The van der Waals surface area contributed by atoms with Crippen LogP contribution >= 0.6 is 11.3 Å². The SMILES string of the molecule is Cc1n[nH]c(C)c1CC(=O)NCCc1csc(N)n1. The van der Waals surface area contributed by atoms with Crippen LogP contribution in [0.1, 0.15) is 22.6 Å². The van der Waals surface area contributed by atoms with Crippen LogP contribution in [0.5, 0.6) is 0 Å². The highest BCUT2D eigenvalue weighted by atomic mass is 32.1. The Labute approximate surface area is 115 Å². The Morgan fingerprint density at radius 1 is 1.53 bits per heavy atom. The number of hydrogen-bond donors (Lipinski definition) is 3. The molecule has 102 valence electrons. The number of amides is 1. The normalized spacial score (nSPS) is 10.6. The summed E-state index contributed by atoms with van der Waals surface area (Å²) in [7, 11) is 0. The van der Waals surface area contributed by atoms with Gasteiger partial charge in [-0.15, -0.1) is 11.3 Å². The molecule has 2 rings (SSSR count). The van der Waals surface area contributed by atoms with Crippen LogP contribution in [0.4, 0.5) is 5.13 Å². The minimum Gasteiger partial charge on any atom is -0.375 e. The van der Waals surface area contributed by atoms with Crippen molar-refractivity contribution in [1.29, 1.82) is 0 Å². The number of nitrogens with zero attached hydrogens (tertiary/aromatic N) is 2. The lowest BCUT2D eigenvalue weighted by atomic mass is 10.1. The molecule has 2 aromatic rings. The molecule has 0 aliphatic heterocycles. The van der Waals surface area contributed by atoms with Gasteiger partial charge in [0.25, 0.3) is 0 Å². The van der Waals surface area contributed by atoms with Gasteiger partial charge in [-0.1, -0.05) is 0 Å². The fourth-order valence-electron chi connectivity index (χ4n) is 1.83. The molecule has 0 fully saturated rings. The van der Waals surface area contributed by atoms with Crippen LogP contribution in [0.15, 0.2) is 5.38 Å². The summed E-state index contributed by atoms with van der Waals surface area (Å²) in [5, 5.41) is 12.3. The van der Waals surface area contributed by atoms with E-state index in [1.807, 2.05) is 19.2 Å². The summed E-state index contributed by atoms with van der Waals surface area (Å²) in [4.78, 5) is 16.0. The monoisotopic (exact) mass is 279 g/mol. The Bertz CT molecular complexity index is 555. The number of hydrogen-bond acceptors (Lipinski definition) is 5. The Morgan fingerprint density at radius 3 is 2.89 bits per heavy atom. The van der Waals surface area contributed by atoms with Crippen molar-refractivity contribution in [2.75, 3.05) is 12.3 Å². The summed E-state index contributed by atoms with van der Waals surface area (Å²) in [6.45, 7) is 4.38. The van der Waals surface area contributed by atoms with E-state index in [0.717, 1.165) is 22.6 Å². The van der Waals surface area contributed by atoms with Crippen LogP contribution in [0, 0.1) is 13.8 Å². The summed E-state index contributed by atoms with van der Waals surface area (Å²) in [6.07, 6.45) is 1.05. The molecule has 19 heavy (non-hydrogen) atoms. The molecule has 0 bridgehead atoms. The van der Waals surface area contributed by atoms with Gasteiger partial charge in [0.05, 0.1) is 17.8 Å². The predicted octanol–water partition coefficient (Wildman–Crippen LogP) is 0.967. The summed E-state index contributed by atoms with van der Waals surface area (Å²) in [5.41, 5.74) is 9.25. The Kier molecular flexibility index (Phi) is 4.16. The minimum atomic E-state index is -0.00389. The molecule has 0 aliphatic rings. The number of carbonyl (C=O) groups is 1. The first-order valence-corrected chi connectivity index (χ1v) is 6.91. The first kappa shape index (κ1) is 13.5. The smallest absolute Gasteiger partial charge is 0.224 e. The molecular formula is C12H17N5OS. The van der Waals surface area contributed by atoms with Crippen molar-refractivity contribution in [2.24, 2.45) is 0 Å². The van der Waals surface area contributed by atoms with Gasteiger partial charge in [0.2, 0.25) is 5.91 Å².